The van der Waals surface area contributed by atoms with Gasteiger partial charge in [0, 0.05) is 42.8 Å². The van der Waals surface area contributed by atoms with Gasteiger partial charge in [0.2, 0.25) is 0 Å². The monoisotopic (exact) mass is 480 g/mol. The lowest BCUT2D eigenvalue weighted by Gasteiger charge is -2.16. The number of benzene rings is 1. The molecule has 3 rings (SSSR count). The number of rotatable bonds is 8. The zero-order valence-electron chi connectivity index (χ0n) is 19.8. The smallest absolute Gasteiger partial charge is 0.358 e. The largest absolute Gasteiger partial charge is 0.406 e. The standard InChI is InChI=1S/C24H32F4N6/c1-16-18(25)14-33(4)12-9-19(16)32-20-7-5-8-21-17(20)13-22(34(21)15-24(26,27)28)23(30-3)31-11-6-10-29-2/h5,7-8,13,18,29,32H,3,6,9-12,14-15H2,1-2,4H3. The molecular weight excluding hydrogens is 448 g/mol. The van der Waals surface area contributed by atoms with Crippen LogP contribution in [0, 0.1) is 0 Å². The Balaban J connectivity index is 2.08. The number of halogens is 4. The number of fused-ring (bicyclic) bond motifs is 1. The molecule has 186 valence electrons. The van der Waals surface area contributed by atoms with E-state index in [1.54, 1.807) is 31.2 Å². The fourth-order valence-corrected chi connectivity index (χ4v) is 4.10. The molecule has 2 N–H and O–H groups in total. The van der Waals surface area contributed by atoms with E-state index >= 15 is 0 Å². The predicted octanol–water partition coefficient (Wildman–Crippen LogP) is 4.62. The van der Waals surface area contributed by atoms with Crippen molar-refractivity contribution in [2.45, 2.75) is 38.7 Å². The Bertz CT molecular complexity index is 1070. The summed E-state index contributed by atoms with van der Waals surface area (Å²) in [4.78, 5) is 10.3. The number of nitrogens with one attached hydrogen (secondary N) is 2. The third-order valence-corrected chi connectivity index (χ3v) is 5.96. The molecule has 1 aliphatic rings. The summed E-state index contributed by atoms with van der Waals surface area (Å²) in [7, 11) is 3.69. The van der Waals surface area contributed by atoms with E-state index < -0.39 is 18.9 Å². The SMILES string of the molecule is C=NC(=NCCCNC)c1cc2c(NC3=C(C)C(F)CN(C)CC3)cccc2n1CC(F)(F)F. The molecule has 1 aromatic heterocycles. The zero-order chi connectivity index (χ0) is 24.9. The van der Waals surface area contributed by atoms with Gasteiger partial charge >= 0.3 is 6.18 Å². The maximum atomic E-state index is 14.6. The number of hydrogen-bond donors (Lipinski definition) is 2. The highest BCUT2D eigenvalue weighted by Crippen LogP contribution is 2.33. The predicted molar refractivity (Wildman–Crippen MR) is 131 cm³/mol. The molecule has 0 fully saturated rings. The van der Waals surface area contributed by atoms with E-state index in [0.717, 1.165) is 12.2 Å². The first kappa shape index (κ1) is 25.9. The van der Waals surface area contributed by atoms with Gasteiger partial charge < -0.3 is 20.1 Å². The van der Waals surface area contributed by atoms with Crippen molar-refractivity contribution in [3.8, 4) is 0 Å². The summed E-state index contributed by atoms with van der Waals surface area (Å²) in [6.45, 7) is 6.24. The van der Waals surface area contributed by atoms with Crippen LogP contribution in [0.3, 0.4) is 0 Å². The van der Waals surface area contributed by atoms with E-state index in [0.29, 0.717) is 54.6 Å². The Kier molecular flexibility index (Phi) is 8.48. The second-order valence-corrected chi connectivity index (χ2v) is 8.56. The molecule has 0 saturated carbocycles. The van der Waals surface area contributed by atoms with Crippen molar-refractivity contribution < 1.29 is 17.6 Å². The van der Waals surface area contributed by atoms with Crippen LogP contribution < -0.4 is 10.6 Å². The van der Waals surface area contributed by atoms with E-state index in [-0.39, 0.29) is 11.5 Å². The van der Waals surface area contributed by atoms with Gasteiger partial charge in [-0.25, -0.2) is 9.38 Å². The molecular formula is C24H32F4N6. The van der Waals surface area contributed by atoms with Crippen molar-refractivity contribution in [3.63, 3.8) is 0 Å². The molecule has 2 heterocycles. The summed E-state index contributed by atoms with van der Waals surface area (Å²) in [5.41, 5.74) is 2.61. The van der Waals surface area contributed by atoms with E-state index in [1.165, 1.54) is 4.57 Å². The number of anilines is 1. The van der Waals surface area contributed by atoms with E-state index in [4.69, 9.17) is 0 Å². The van der Waals surface area contributed by atoms with Crippen LogP contribution in [-0.4, -0.2) is 74.6 Å². The summed E-state index contributed by atoms with van der Waals surface area (Å²) in [5, 5.41) is 6.91. The summed E-state index contributed by atoms with van der Waals surface area (Å²) in [6, 6.07) is 6.77. The Labute approximate surface area is 197 Å². The number of aliphatic imine (C=N–C) groups is 2. The molecule has 0 amide bonds. The lowest BCUT2D eigenvalue weighted by Crippen LogP contribution is -2.25. The van der Waals surface area contributed by atoms with Crippen molar-refractivity contribution in [2.75, 3.05) is 45.6 Å². The summed E-state index contributed by atoms with van der Waals surface area (Å²) in [5.74, 6) is 0.165. The number of alkyl halides is 4. The quantitative estimate of drug-likeness (QED) is 0.251. The van der Waals surface area contributed by atoms with Crippen LogP contribution in [0.1, 0.15) is 25.5 Å². The minimum absolute atomic E-state index is 0.165. The highest BCUT2D eigenvalue weighted by Gasteiger charge is 2.31. The molecule has 1 aromatic carbocycles. The summed E-state index contributed by atoms with van der Waals surface area (Å²) < 4.78 is 56.3. The lowest BCUT2D eigenvalue weighted by molar-refractivity contribution is -0.139. The third kappa shape index (κ3) is 6.24. The van der Waals surface area contributed by atoms with Gasteiger partial charge in [-0.15, -0.1) is 0 Å². The van der Waals surface area contributed by atoms with E-state index in [2.05, 4.69) is 27.3 Å². The van der Waals surface area contributed by atoms with Crippen molar-refractivity contribution in [2.24, 2.45) is 9.98 Å². The van der Waals surface area contributed by atoms with Gasteiger partial charge in [-0.3, -0.25) is 4.99 Å². The van der Waals surface area contributed by atoms with E-state index in [9.17, 15) is 17.6 Å². The first-order valence-electron chi connectivity index (χ1n) is 11.3. The van der Waals surface area contributed by atoms with Crippen LogP contribution in [0.2, 0.25) is 0 Å². The molecule has 2 aromatic rings. The molecule has 1 aliphatic heterocycles. The minimum Gasteiger partial charge on any atom is -0.358 e. The van der Waals surface area contributed by atoms with Crippen LogP contribution in [0.5, 0.6) is 0 Å². The lowest BCUT2D eigenvalue weighted by atomic mass is 10.1. The molecule has 1 unspecified atom stereocenters. The molecule has 0 saturated heterocycles. The van der Waals surface area contributed by atoms with Gasteiger partial charge in [0.1, 0.15) is 12.7 Å². The van der Waals surface area contributed by atoms with Gasteiger partial charge in [0.05, 0.1) is 11.2 Å². The first-order chi connectivity index (χ1) is 16.1. The van der Waals surface area contributed by atoms with Crippen LogP contribution >= 0.6 is 0 Å². The molecule has 0 bridgehead atoms. The molecule has 34 heavy (non-hydrogen) atoms. The van der Waals surface area contributed by atoms with Gasteiger partial charge in [-0.2, -0.15) is 13.2 Å². The Morgan fingerprint density at radius 2 is 2.06 bits per heavy atom. The van der Waals surface area contributed by atoms with Crippen LogP contribution in [0.4, 0.5) is 23.2 Å². The Hall–Kier alpha value is -2.72. The molecule has 0 aliphatic carbocycles. The maximum Gasteiger partial charge on any atom is 0.406 e. The summed E-state index contributed by atoms with van der Waals surface area (Å²) in [6.07, 6.45) is -4.22. The number of aromatic nitrogens is 1. The van der Waals surface area contributed by atoms with Gasteiger partial charge in [-0.1, -0.05) is 6.07 Å². The van der Waals surface area contributed by atoms with Crippen molar-refractivity contribution in [3.05, 3.63) is 41.2 Å². The Morgan fingerprint density at radius 1 is 1.29 bits per heavy atom. The highest BCUT2D eigenvalue weighted by atomic mass is 19.4. The number of amidine groups is 1. The average molecular weight is 481 g/mol. The number of hydrogen-bond acceptors (Lipinski definition) is 4. The maximum absolute atomic E-state index is 14.6. The highest BCUT2D eigenvalue weighted by molar-refractivity contribution is 6.06. The van der Waals surface area contributed by atoms with Crippen molar-refractivity contribution in [1.82, 2.24) is 14.8 Å². The van der Waals surface area contributed by atoms with Crippen LogP contribution in [0.25, 0.3) is 10.9 Å². The molecule has 1 atom stereocenters. The second-order valence-electron chi connectivity index (χ2n) is 8.56. The fourth-order valence-electron chi connectivity index (χ4n) is 4.10. The molecule has 0 radical (unpaired) electrons. The second kappa shape index (κ2) is 11.1. The number of nitrogens with zero attached hydrogens (tertiary/aromatic N) is 4. The minimum atomic E-state index is -4.44. The van der Waals surface area contributed by atoms with Crippen LogP contribution in [0.15, 0.2) is 45.5 Å². The first-order valence-corrected chi connectivity index (χ1v) is 11.3. The Morgan fingerprint density at radius 3 is 2.74 bits per heavy atom. The normalized spacial score (nSPS) is 18.4. The molecule has 10 heteroatoms. The average Bonchev–Trinajstić information content (AvgIpc) is 3.07. The molecule has 6 nitrogen and oxygen atoms in total. The van der Waals surface area contributed by atoms with Gasteiger partial charge in [0.15, 0.2) is 5.84 Å². The van der Waals surface area contributed by atoms with Crippen LogP contribution in [-0.2, 0) is 6.54 Å². The topological polar surface area (TPSA) is 57.0 Å². The van der Waals surface area contributed by atoms with Crippen molar-refractivity contribution in [1.29, 1.82) is 0 Å². The van der Waals surface area contributed by atoms with Gasteiger partial charge in [-0.05, 0) is 64.5 Å². The fraction of sp³-hybridized carbons (Fsp3) is 0.500. The summed E-state index contributed by atoms with van der Waals surface area (Å²) >= 11 is 0. The zero-order valence-corrected chi connectivity index (χ0v) is 19.8. The third-order valence-electron chi connectivity index (χ3n) is 5.96. The molecule has 0 spiro atoms. The van der Waals surface area contributed by atoms with Crippen molar-refractivity contribution >= 4 is 29.1 Å². The van der Waals surface area contributed by atoms with Gasteiger partial charge in [0.25, 0.3) is 0 Å². The van der Waals surface area contributed by atoms with E-state index in [1.807, 2.05) is 19.0 Å².